The van der Waals surface area contributed by atoms with Crippen LogP contribution in [-0.4, -0.2) is 66.7 Å². The van der Waals surface area contributed by atoms with Crippen molar-refractivity contribution in [3.05, 3.63) is 28.8 Å². The second-order valence-electron chi connectivity index (χ2n) is 7.14. The number of morpholine rings is 1. The summed E-state index contributed by atoms with van der Waals surface area (Å²) in [6.45, 7) is 9.01. The van der Waals surface area contributed by atoms with Crippen LogP contribution < -0.4 is 5.32 Å². The van der Waals surface area contributed by atoms with Gasteiger partial charge in [-0.1, -0.05) is 19.9 Å². The molecular weight excluding hydrogens is 412 g/mol. The fourth-order valence-corrected chi connectivity index (χ4v) is 6.20. The van der Waals surface area contributed by atoms with E-state index in [4.69, 9.17) is 4.74 Å². The number of carbonyl (C=O) groups excluding carboxylic acids is 1. The summed E-state index contributed by atoms with van der Waals surface area (Å²) in [5.74, 6) is -0.190. The summed E-state index contributed by atoms with van der Waals surface area (Å²) in [4.78, 5) is 18.5. The van der Waals surface area contributed by atoms with Crippen molar-refractivity contribution in [1.29, 1.82) is 0 Å². The maximum atomic E-state index is 13.0. The fourth-order valence-electron chi connectivity index (χ4n) is 3.49. The van der Waals surface area contributed by atoms with Crippen LogP contribution in [0.2, 0.25) is 0 Å². The third-order valence-electron chi connectivity index (χ3n) is 4.84. The normalized spacial score (nSPS) is 18.6. The van der Waals surface area contributed by atoms with Gasteiger partial charge in [0.15, 0.2) is 0 Å². The molecule has 1 atom stereocenters. The molecule has 160 valence electrons. The van der Waals surface area contributed by atoms with Gasteiger partial charge in [-0.25, -0.2) is 4.98 Å². The Morgan fingerprint density at radius 3 is 2.79 bits per heavy atom. The number of nitrogens with one attached hydrogen (secondary N) is 1. The number of hydrogen-bond donors (Lipinski definition) is 1. The third-order valence-corrected chi connectivity index (χ3v) is 8.12. The molecule has 1 unspecified atom stereocenters. The van der Waals surface area contributed by atoms with Crippen molar-refractivity contribution in [3.8, 4) is 0 Å². The molecule has 1 fully saturated rings. The van der Waals surface area contributed by atoms with Crippen LogP contribution in [-0.2, 0) is 14.9 Å². The molecule has 0 spiro atoms. The number of rotatable bonds is 7. The lowest BCUT2D eigenvalue weighted by Gasteiger charge is -2.35. The summed E-state index contributed by atoms with van der Waals surface area (Å²) >= 11 is 1.31. The molecule has 1 N–H and O–H groups in total. The van der Waals surface area contributed by atoms with Gasteiger partial charge in [-0.2, -0.15) is 17.0 Å². The zero-order valence-electron chi connectivity index (χ0n) is 17.2. The first-order valence-corrected chi connectivity index (χ1v) is 12.1. The van der Waals surface area contributed by atoms with E-state index in [1.54, 1.807) is 6.20 Å². The lowest BCUT2D eigenvalue weighted by Crippen LogP contribution is -2.49. The number of fused-ring (bicyclic) bond motifs is 1. The average molecular weight is 441 g/mol. The molecule has 0 radical (unpaired) electrons. The van der Waals surface area contributed by atoms with E-state index in [9.17, 15) is 13.2 Å². The van der Waals surface area contributed by atoms with E-state index < -0.39 is 16.3 Å². The summed E-state index contributed by atoms with van der Waals surface area (Å²) < 4.78 is 34.9. The number of nitrogens with zero attached hydrogens (tertiary/aromatic N) is 3. The van der Waals surface area contributed by atoms with Crippen molar-refractivity contribution in [2.45, 2.75) is 39.8 Å². The summed E-state index contributed by atoms with van der Waals surface area (Å²) in [7, 11) is -3.58. The highest BCUT2D eigenvalue weighted by Crippen LogP contribution is 2.37. The number of aromatic nitrogens is 1. The lowest BCUT2D eigenvalue weighted by molar-refractivity contribution is -0.00361. The van der Waals surface area contributed by atoms with Crippen LogP contribution in [0.1, 0.15) is 49.0 Å². The van der Waals surface area contributed by atoms with Crippen molar-refractivity contribution in [3.63, 3.8) is 0 Å². The Hall–Kier alpha value is -1.59. The smallest absolute Gasteiger partial charge is 0.282 e. The average Bonchev–Trinajstić information content (AvgIpc) is 3.08. The monoisotopic (exact) mass is 440 g/mol. The zero-order valence-corrected chi connectivity index (χ0v) is 18.8. The number of ether oxygens (including phenoxy) is 1. The molecule has 1 saturated heterocycles. The van der Waals surface area contributed by atoms with Gasteiger partial charge in [-0.05, 0) is 19.9 Å². The molecule has 8 nitrogen and oxygen atoms in total. The van der Waals surface area contributed by atoms with Gasteiger partial charge in [0.05, 0.1) is 12.7 Å². The molecule has 0 bridgehead atoms. The fraction of sp³-hybridized carbons (Fsp3) is 0.579. The van der Waals surface area contributed by atoms with E-state index in [1.807, 2.05) is 39.8 Å². The standard InChI is InChI=1S/C19H28N4O4S2/c1-5-22(6-2)29(25,26)23-10-11-27-15(12-23)16-14-8-7-9-20-19(14)28-17(16)18(24)21-13(3)4/h7-9,13,15H,5-6,10-12H2,1-4H3,(H,21,24). The first-order valence-electron chi connectivity index (χ1n) is 9.84. The van der Waals surface area contributed by atoms with Crippen LogP contribution in [0.25, 0.3) is 10.2 Å². The molecule has 1 aliphatic heterocycles. The minimum Gasteiger partial charge on any atom is -0.371 e. The molecule has 3 rings (SSSR count). The molecule has 29 heavy (non-hydrogen) atoms. The Kier molecular flexibility index (Phi) is 6.90. The third kappa shape index (κ3) is 4.46. The number of pyridine rings is 1. The largest absolute Gasteiger partial charge is 0.371 e. The van der Waals surface area contributed by atoms with Gasteiger partial charge in [0.2, 0.25) is 0 Å². The second-order valence-corrected chi connectivity index (χ2v) is 10.1. The van der Waals surface area contributed by atoms with Crippen LogP contribution >= 0.6 is 11.3 Å². The molecule has 0 saturated carbocycles. The van der Waals surface area contributed by atoms with Gasteiger partial charge >= 0.3 is 0 Å². The Morgan fingerprint density at radius 2 is 2.14 bits per heavy atom. The molecule has 3 heterocycles. The van der Waals surface area contributed by atoms with E-state index >= 15 is 0 Å². The van der Waals surface area contributed by atoms with Crippen LogP contribution in [0.15, 0.2) is 18.3 Å². The SMILES string of the molecule is CCN(CC)S(=O)(=O)N1CCOC(c2c(C(=O)NC(C)C)sc3ncccc23)C1. The van der Waals surface area contributed by atoms with E-state index in [0.29, 0.717) is 24.5 Å². The van der Waals surface area contributed by atoms with Gasteiger partial charge < -0.3 is 10.1 Å². The number of amides is 1. The highest BCUT2D eigenvalue weighted by molar-refractivity contribution is 7.86. The molecule has 1 aliphatic rings. The van der Waals surface area contributed by atoms with E-state index in [1.165, 1.54) is 19.9 Å². The summed E-state index contributed by atoms with van der Waals surface area (Å²) in [6, 6.07) is 3.71. The Balaban J connectivity index is 2.00. The molecule has 0 aromatic carbocycles. The van der Waals surface area contributed by atoms with Crippen molar-refractivity contribution in [2.75, 3.05) is 32.8 Å². The van der Waals surface area contributed by atoms with E-state index in [2.05, 4.69) is 10.3 Å². The first kappa shape index (κ1) is 22.1. The predicted molar refractivity (Wildman–Crippen MR) is 114 cm³/mol. The number of carbonyl (C=O) groups is 1. The van der Waals surface area contributed by atoms with E-state index in [-0.39, 0.29) is 25.1 Å². The highest BCUT2D eigenvalue weighted by atomic mass is 32.2. The minimum atomic E-state index is -3.58. The van der Waals surface area contributed by atoms with Crippen molar-refractivity contribution >= 4 is 37.7 Å². The van der Waals surface area contributed by atoms with Gasteiger partial charge in [0.25, 0.3) is 16.1 Å². The van der Waals surface area contributed by atoms with Crippen LogP contribution in [0.5, 0.6) is 0 Å². The molecule has 2 aromatic heterocycles. The molecule has 1 amide bonds. The van der Waals surface area contributed by atoms with Gasteiger partial charge in [0.1, 0.15) is 9.71 Å². The Labute approximate surface area is 176 Å². The van der Waals surface area contributed by atoms with Gasteiger partial charge in [0, 0.05) is 49.4 Å². The quantitative estimate of drug-likeness (QED) is 0.714. The van der Waals surface area contributed by atoms with Crippen molar-refractivity contribution in [2.24, 2.45) is 0 Å². The van der Waals surface area contributed by atoms with Crippen LogP contribution in [0.3, 0.4) is 0 Å². The zero-order chi connectivity index (χ0) is 21.2. The molecular formula is C19H28N4O4S2. The second kappa shape index (κ2) is 9.05. The van der Waals surface area contributed by atoms with E-state index in [0.717, 1.165) is 15.8 Å². The van der Waals surface area contributed by atoms with Crippen LogP contribution in [0.4, 0.5) is 0 Å². The Morgan fingerprint density at radius 1 is 1.41 bits per heavy atom. The number of thiophene rings is 1. The maximum Gasteiger partial charge on any atom is 0.282 e. The molecule has 2 aromatic rings. The number of hydrogen-bond acceptors (Lipinski definition) is 6. The summed E-state index contributed by atoms with van der Waals surface area (Å²) in [5, 5.41) is 3.76. The first-order chi connectivity index (χ1) is 13.8. The minimum absolute atomic E-state index is 0.0136. The van der Waals surface area contributed by atoms with Crippen molar-refractivity contribution in [1.82, 2.24) is 18.9 Å². The van der Waals surface area contributed by atoms with Gasteiger partial charge in [-0.15, -0.1) is 11.3 Å². The van der Waals surface area contributed by atoms with Gasteiger partial charge in [-0.3, -0.25) is 4.79 Å². The predicted octanol–water partition coefficient (Wildman–Crippen LogP) is 2.39. The summed E-state index contributed by atoms with van der Waals surface area (Å²) in [5.41, 5.74) is 0.718. The lowest BCUT2D eigenvalue weighted by atomic mass is 10.0. The van der Waals surface area contributed by atoms with Crippen LogP contribution in [0, 0.1) is 0 Å². The summed E-state index contributed by atoms with van der Waals surface area (Å²) in [6.07, 6.45) is 1.16. The maximum absolute atomic E-state index is 13.0. The Bertz CT molecular complexity index is 970. The van der Waals surface area contributed by atoms with Crippen molar-refractivity contribution < 1.29 is 17.9 Å². The molecule has 10 heteroatoms. The highest BCUT2D eigenvalue weighted by Gasteiger charge is 2.36. The molecule has 0 aliphatic carbocycles. The topological polar surface area (TPSA) is 91.8 Å².